The van der Waals surface area contributed by atoms with Crippen LogP contribution in [0.2, 0.25) is 0 Å². The molecule has 140 valence electrons. The highest BCUT2D eigenvalue weighted by molar-refractivity contribution is 5.73. The van der Waals surface area contributed by atoms with E-state index in [1.165, 1.54) is 11.1 Å². The van der Waals surface area contributed by atoms with Crippen LogP contribution in [0.15, 0.2) is 48.5 Å². The average Bonchev–Trinajstić information content (AvgIpc) is 2.67. The van der Waals surface area contributed by atoms with Crippen molar-refractivity contribution in [2.75, 3.05) is 27.7 Å². The molecule has 0 saturated heterocycles. The fourth-order valence-corrected chi connectivity index (χ4v) is 2.79. The Morgan fingerprint density at radius 3 is 2.42 bits per heavy atom. The molecule has 2 aromatic carbocycles. The lowest BCUT2D eigenvalue weighted by molar-refractivity contribution is 0.232. The van der Waals surface area contributed by atoms with Crippen molar-refractivity contribution in [2.45, 2.75) is 25.9 Å². The second-order valence-electron chi connectivity index (χ2n) is 6.49. The third kappa shape index (κ3) is 5.77. The summed E-state index contributed by atoms with van der Waals surface area (Å²) in [6.45, 7) is 3.15. The number of carbonyl (C=O) groups is 1. The molecule has 0 aliphatic rings. The molecule has 0 radical (unpaired) electrons. The van der Waals surface area contributed by atoms with Gasteiger partial charge in [0.05, 0.1) is 13.2 Å². The van der Waals surface area contributed by atoms with Gasteiger partial charge in [0.2, 0.25) is 0 Å². The van der Waals surface area contributed by atoms with Crippen LogP contribution in [0.4, 0.5) is 4.79 Å². The van der Waals surface area contributed by atoms with Gasteiger partial charge in [-0.3, -0.25) is 0 Å². The molecular weight excluding hydrogens is 326 g/mol. The topological polar surface area (TPSA) is 53.6 Å². The van der Waals surface area contributed by atoms with E-state index in [1.54, 1.807) is 7.11 Å². The number of hydrogen-bond acceptors (Lipinski definition) is 3. The minimum atomic E-state index is -0.176. The first-order valence-electron chi connectivity index (χ1n) is 8.93. The fraction of sp³-hybridized carbons (Fsp3) is 0.381. The zero-order chi connectivity index (χ0) is 18.9. The molecule has 0 fully saturated rings. The molecule has 2 amide bonds. The number of urea groups is 1. The first kappa shape index (κ1) is 19.8. The molecule has 2 rings (SSSR count). The van der Waals surface area contributed by atoms with Gasteiger partial charge in [-0.1, -0.05) is 43.3 Å². The van der Waals surface area contributed by atoms with E-state index < -0.39 is 0 Å². The predicted octanol–water partition coefficient (Wildman–Crippen LogP) is 3.36. The van der Waals surface area contributed by atoms with Gasteiger partial charge >= 0.3 is 6.03 Å². The number of methoxy groups -OCH3 is 1. The van der Waals surface area contributed by atoms with Crippen molar-refractivity contribution in [3.8, 4) is 5.75 Å². The number of benzene rings is 2. The Morgan fingerprint density at radius 1 is 1.08 bits per heavy atom. The largest absolute Gasteiger partial charge is 0.497 e. The minimum absolute atomic E-state index is 0.128. The number of carbonyl (C=O) groups excluding carboxylic acids is 1. The standard InChI is InChI=1S/C21H29N3O2/c1-5-16-9-11-18(12-10-16)20(24(2)3)15-23-21(25)22-14-17-7-6-8-19(13-17)26-4/h6-13,20H,5,14-15H2,1-4H3,(H2,22,23,25). The zero-order valence-corrected chi connectivity index (χ0v) is 16.1. The van der Waals surface area contributed by atoms with E-state index in [1.807, 2.05) is 38.4 Å². The van der Waals surface area contributed by atoms with Crippen molar-refractivity contribution >= 4 is 6.03 Å². The van der Waals surface area contributed by atoms with Gasteiger partial charge in [-0.2, -0.15) is 0 Å². The molecule has 0 heterocycles. The van der Waals surface area contributed by atoms with Gasteiger partial charge in [-0.05, 0) is 49.3 Å². The van der Waals surface area contributed by atoms with Gasteiger partial charge in [-0.25, -0.2) is 4.79 Å². The number of hydrogen-bond donors (Lipinski definition) is 2. The maximum Gasteiger partial charge on any atom is 0.315 e. The molecule has 2 aromatic rings. The third-order valence-corrected chi connectivity index (χ3v) is 4.44. The first-order chi connectivity index (χ1) is 12.5. The Labute approximate surface area is 156 Å². The molecule has 5 nitrogen and oxygen atoms in total. The summed E-state index contributed by atoms with van der Waals surface area (Å²) in [5, 5.41) is 5.86. The molecule has 26 heavy (non-hydrogen) atoms. The molecule has 0 aliphatic carbocycles. The normalized spacial score (nSPS) is 11.9. The first-order valence-corrected chi connectivity index (χ1v) is 8.93. The van der Waals surface area contributed by atoms with Crippen LogP contribution >= 0.6 is 0 Å². The highest BCUT2D eigenvalue weighted by Gasteiger charge is 2.15. The highest BCUT2D eigenvalue weighted by Crippen LogP contribution is 2.18. The van der Waals surface area contributed by atoms with Gasteiger partial charge < -0.3 is 20.3 Å². The Morgan fingerprint density at radius 2 is 1.81 bits per heavy atom. The zero-order valence-electron chi connectivity index (χ0n) is 16.1. The summed E-state index contributed by atoms with van der Waals surface area (Å²) < 4.78 is 5.20. The number of aryl methyl sites for hydroxylation is 1. The SMILES string of the molecule is CCc1ccc(C(CNC(=O)NCc2cccc(OC)c2)N(C)C)cc1. The van der Waals surface area contributed by atoms with Crippen LogP contribution in [0.3, 0.4) is 0 Å². The third-order valence-electron chi connectivity index (χ3n) is 4.44. The number of amides is 2. The molecule has 5 heteroatoms. The molecule has 0 aromatic heterocycles. The van der Waals surface area contributed by atoms with Gasteiger partial charge in [0, 0.05) is 13.1 Å². The lowest BCUT2D eigenvalue weighted by atomic mass is 10.0. The average molecular weight is 355 g/mol. The van der Waals surface area contributed by atoms with E-state index >= 15 is 0 Å². The molecule has 0 aliphatic heterocycles. The summed E-state index contributed by atoms with van der Waals surface area (Å²) in [5.74, 6) is 0.785. The molecule has 1 unspecified atom stereocenters. The maximum atomic E-state index is 12.2. The second kappa shape index (κ2) is 9.82. The van der Waals surface area contributed by atoms with Gasteiger partial charge in [0.25, 0.3) is 0 Å². The maximum absolute atomic E-state index is 12.2. The Hall–Kier alpha value is -2.53. The molecule has 0 saturated carbocycles. The van der Waals surface area contributed by atoms with Gasteiger partial charge in [0.1, 0.15) is 5.75 Å². The van der Waals surface area contributed by atoms with E-state index in [2.05, 4.69) is 46.7 Å². The Balaban J connectivity index is 1.88. The van der Waals surface area contributed by atoms with Crippen molar-refractivity contribution in [1.29, 1.82) is 0 Å². The van der Waals surface area contributed by atoms with Crippen LogP contribution in [0.5, 0.6) is 5.75 Å². The van der Waals surface area contributed by atoms with Crippen molar-refractivity contribution in [3.63, 3.8) is 0 Å². The number of rotatable bonds is 8. The molecular formula is C21H29N3O2. The lowest BCUT2D eigenvalue weighted by Gasteiger charge is -2.25. The quantitative estimate of drug-likeness (QED) is 0.763. The summed E-state index contributed by atoms with van der Waals surface area (Å²) in [6.07, 6.45) is 1.03. The number of ether oxygens (including phenoxy) is 1. The van der Waals surface area contributed by atoms with E-state index in [0.29, 0.717) is 13.1 Å². The Kier molecular flexibility index (Phi) is 7.48. The van der Waals surface area contributed by atoms with Crippen molar-refractivity contribution < 1.29 is 9.53 Å². The van der Waals surface area contributed by atoms with Crippen LogP contribution in [0.25, 0.3) is 0 Å². The van der Waals surface area contributed by atoms with E-state index in [0.717, 1.165) is 17.7 Å². The van der Waals surface area contributed by atoms with Crippen LogP contribution in [-0.4, -0.2) is 38.7 Å². The Bertz CT molecular complexity index is 699. The van der Waals surface area contributed by atoms with E-state index in [-0.39, 0.29) is 12.1 Å². The van der Waals surface area contributed by atoms with Crippen molar-refractivity contribution in [3.05, 3.63) is 65.2 Å². The predicted molar refractivity (Wildman–Crippen MR) is 105 cm³/mol. The number of nitrogens with one attached hydrogen (secondary N) is 2. The summed E-state index contributed by atoms with van der Waals surface area (Å²) in [4.78, 5) is 14.3. The number of likely N-dealkylation sites (N-methyl/N-ethyl adjacent to an activating group) is 1. The minimum Gasteiger partial charge on any atom is -0.497 e. The second-order valence-corrected chi connectivity index (χ2v) is 6.49. The molecule has 0 bridgehead atoms. The van der Waals surface area contributed by atoms with Crippen LogP contribution in [0, 0.1) is 0 Å². The summed E-state index contributed by atoms with van der Waals surface area (Å²) in [7, 11) is 5.68. The van der Waals surface area contributed by atoms with Gasteiger partial charge in [0.15, 0.2) is 0 Å². The smallest absolute Gasteiger partial charge is 0.315 e. The van der Waals surface area contributed by atoms with Crippen LogP contribution < -0.4 is 15.4 Å². The monoisotopic (exact) mass is 355 g/mol. The summed E-state index contributed by atoms with van der Waals surface area (Å²) in [5.41, 5.74) is 3.51. The lowest BCUT2D eigenvalue weighted by Crippen LogP contribution is -2.40. The van der Waals surface area contributed by atoms with Crippen molar-refractivity contribution in [1.82, 2.24) is 15.5 Å². The molecule has 1 atom stereocenters. The van der Waals surface area contributed by atoms with Crippen LogP contribution in [-0.2, 0) is 13.0 Å². The highest BCUT2D eigenvalue weighted by atomic mass is 16.5. The van der Waals surface area contributed by atoms with Crippen molar-refractivity contribution in [2.24, 2.45) is 0 Å². The van der Waals surface area contributed by atoms with Crippen LogP contribution in [0.1, 0.15) is 29.7 Å². The summed E-state index contributed by atoms with van der Waals surface area (Å²) in [6, 6.07) is 16.2. The molecule has 2 N–H and O–H groups in total. The number of nitrogens with zero attached hydrogens (tertiary/aromatic N) is 1. The molecule has 0 spiro atoms. The van der Waals surface area contributed by atoms with E-state index in [9.17, 15) is 4.79 Å². The fourth-order valence-electron chi connectivity index (χ4n) is 2.79. The van der Waals surface area contributed by atoms with E-state index in [4.69, 9.17) is 4.74 Å². The summed E-state index contributed by atoms with van der Waals surface area (Å²) >= 11 is 0. The van der Waals surface area contributed by atoms with Gasteiger partial charge in [-0.15, -0.1) is 0 Å².